The lowest BCUT2D eigenvalue weighted by Gasteiger charge is -2.32. The number of amides is 1. The molecule has 0 aromatic heterocycles. The number of hydrogen-bond acceptors (Lipinski definition) is 3. The fourth-order valence-corrected chi connectivity index (χ4v) is 4.57. The number of fused-ring (bicyclic) bond motifs is 1. The zero-order chi connectivity index (χ0) is 23.3. The van der Waals surface area contributed by atoms with E-state index in [1.165, 1.54) is 24.3 Å². The molecular formula is C23H24F5NO3. The molecule has 1 saturated carbocycles. The van der Waals surface area contributed by atoms with Gasteiger partial charge in [-0.15, -0.1) is 0 Å². The maximum atomic E-state index is 14.0. The molecule has 1 amide bonds. The average molecular weight is 457 g/mol. The number of nitrogens with one attached hydrogen (secondary N) is 1. The summed E-state index contributed by atoms with van der Waals surface area (Å²) in [6.45, 7) is 2.68. The summed E-state index contributed by atoms with van der Waals surface area (Å²) >= 11 is 0. The Balaban J connectivity index is 1.64. The lowest BCUT2D eigenvalue weighted by Crippen LogP contribution is -2.37. The molecule has 1 heterocycles. The molecule has 2 aromatic rings. The Morgan fingerprint density at radius 3 is 2.31 bits per heavy atom. The highest BCUT2D eigenvalue weighted by atomic mass is 19.4. The zero-order valence-electron chi connectivity index (χ0n) is 17.7. The number of cyclic esters (lactones) is 1. The summed E-state index contributed by atoms with van der Waals surface area (Å²) in [4.78, 5) is 11.4. The van der Waals surface area contributed by atoms with E-state index in [4.69, 9.17) is 9.47 Å². The van der Waals surface area contributed by atoms with Gasteiger partial charge >= 0.3 is 12.3 Å². The standard InChI is InChI=1S/C23H24F5NO3/c1-21(12-31-20(30)29-21)15-6-9-17-13(11-15)3-10-18(19(17)23(26,27)28)32-16-7-4-14(5-8-16)22(2,24)25/h3,6,9-11,14,16H,4-5,7-8,12H2,1-2H3,(H,29,30)/t14-,16-,21-/m0/s1. The Bertz CT molecular complexity index is 1020. The lowest BCUT2D eigenvalue weighted by molar-refractivity contribution is -0.138. The number of hydrogen-bond donors (Lipinski definition) is 1. The van der Waals surface area contributed by atoms with E-state index in [9.17, 15) is 26.7 Å². The Morgan fingerprint density at radius 2 is 1.75 bits per heavy atom. The van der Waals surface area contributed by atoms with Gasteiger partial charge < -0.3 is 14.8 Å². The molecule has 1 aliphatic carbocycles. The van der Waals surface area contributed by atoms with Crippen molar-refractivity contribution in [3.8, 4) is 5.75 Å². The summed E-state index contributed by atoms with van der Waals surface area (Å²) in [5, 5.41) is 2.99. The summed E-state index contributed by atoms with van der Waals surface area (Å²) in [5.41, 5.74) is -1.10. The van der Waals surface area contributed by atoms with Crippen molar-refractivity contribution in [2.45, 2.75) is 63.3 Å². The molecule has 1 atom stereocenters. The molecule has 0 unspecified atom stereocenters. The Hall–Kier alpha value is -2.58. The SMILES string of the molecule is CC(F)(F)[C@H]1CC[C@H](Oc2ccc3cc([C@]4(C)COC(=O)N4)ccc3c2C(F)(F)F)CC1. The van der Waals surface area contributed by atoms with Gasteiger partial charge in [-0.05, 0) is 68.0 Å². The molecule has 9 heteroatoms. The third-order valence-electron chi connectivity index (χ3n) is 6.46. The van der Waals surface area contributed by atoms with Crippen LogP contribution in [0, 0.1) is 5.92 Å². The van der Waals surface area contributed by atoms with Crippen LogP contribution in [-0.2, 0) is 16.5 Å². The Labute approximate surface area is 182 Å². The predicted molar refractivity (Wildman–Crippen MR) is 108 cm³/mol. The minimum absolute atomic E-state index is 0.0265. The normalized spacial score (nSPS) is 26.7. The first kappa shape index (κ1) is 22.6. The number of ether oxygens (including phenoxy) is 2. The zero-order valence-corrected chi connectivity index (χ0v) is 17.7. The highest BCUT2D eigenvalue weighted by Gasteiger charge is 2.41. The summed E-state index contributed by atoms with van der Waals surface area (Å²) in [5.74, 6) is -3.88. The Morgan fingerprint density at radius 1 is 1.06 bits per heavy atom. The fraction of sp³-hybridized carbons (Fsp3) is 0.522. The van der Waals surface area contributed by atoms with Crippen molar-refractivity contribution < 1.29 is 36.2 Å². The van der Waals surface area contributed by atoms with Gasteiger partial charge in [-0.1, -0.05) is 18.2 Å². The predicted octanol–water partition coefficient (Wildman–Crippen LogP) is 6.41. The van der Waals surface area contributed by atoms with Gasteiger partial charge in [0.05, 0.1) is 11.6 Å². The van der Waals surface area contributed by atoms with Crippen molar-refractivity contribution in [3.05, 3.63) is 41.5 Å². The van der Waals surface area contributed by atoms with Crippen molar-refractivity contribution >= 4 is 16.9 Å². The van der Waals surface area contributed by atoms with Crippen LogP contribution in [-0.4, -0.2) is 24.7 Å². The number of benzene rings is 2. The smallest absolute Gasteiger partial charge is 0.420 e. The number of carbonyl (C=O) groups excluding carboxylic acids is 1. The molecule has 1 aliphatic heterocycles. The van der Waals surface area contributed by atoms with Gasteiger partial charge in [-0.2, -0.15) is 13.2 Å². The highest BCUT2D eigenvalue weighted by molar-refractivity contribution is 5.89. The van der Waals surface area contributed by atoms with E-state index < -0.39 is 41.3 Å². The third kappa shape index (κ3) is 4.34. The molecule has 0 spiro atoms. The van der Waals surface area contributed by atoms with E-state index >= 15 is 0 Å². The molecular weight excluding hydrogens is 433 g/mol. The van der Waals surface area contributed by atoms with Crippen molar-refractivity contribution in [2.75, 3.05) is 6.61 Å². The second kappa shape index (κ2) is 7.78. The van der Waals surface area contributed by atoms with Crippen molar-refractivity contribution in [2.24, 2.45) is 5.92 Å². The molecule has 0 bridgehead atoms. The maximum Gasteiger partial charge on any atom is 0.420 e. The van der Waals surface area contributed by atoms with Gasteiger partial charge in [0.1, 0.15) is 17.9 Å². The molecule has 1 saturated heterocycles. The van der Waals surface area contributed by atoms with Crippen LogP contribution < -0.4 is 10.1 Å². The lowest BCUT2D eigenvalue weighted by atomic mass is 9.83. The van der Waals surface area contributed by atoms with Gasteiger partial charge in [0, 0.05) is 5.92 Å². The monoisotopic (exact) mass is 457 g/mol. The van der Waals surface area contributed by atoms with Crippen LogP contribution in [0.1, 0.15) is 50.7 Å². The molecule has 2 aromatic carbocycles. The van der Waals surface area contributed by atoms with Crippen LogP contribution in [0.3, 0.4) is 0 Å². The third-order valence-corrected chi connectivity index (χ3v) is 6.46. The maximum absolute atomic E-state index is 14.0. The van der Waals surface area contributed by atoms with Crippen molar-refractivity contribution in [3.63, 3.8) is 0 Å². The summed E-state index contributed by atoms with van der Waals surface area (Å²) in [6, 6.07) is 7.31. The van der Waals surface area contributed by atoms with Crippen LogP contribution >= 0.6 is 0 Å². The largest absolute Gasteiger partial charge is 0.490 e. The molecule has 1 N–H and O–H groups in total. The number of alkyl carbamates (subject to hydrolysis) is 1. The minimum atomic E-state index is -4.67. The molecule has 32 heavy (non-hydrogen) atoms. The molecule has 4 rings (SSSR count). The molecule has 2 fully saturated rings. The van der Waals surface area contributed by atoms with E-state index in [0.717, 1.165) is 6.92 Å². The average Bonchev–Trinajstić information content (AvgIpc) is 3.06. The number of rotatable bonds is 4. The second-order valence-electron chi connectivity index (χ2n) is 8.95. The number of alkyl halides is 5. The van der Waals surface area contributed by atoms with Crippen LogP contribution in [0.2, 0.25) is 0 Å². The van der Waals surface area contributed by atoms with Crippen LogP contribution in [0.25, 0.3) is 10.8 Å². The van der Waals surface area contributed by atoms with Gasteiger partial charge in [0.2, 0.25) is 5.92 Å². The summed E-state index contributed by atoms with van der Waals surface area (Å²) in [7, 11) is 0. The van der Waals surface area contributed by atoms with E-state index in [2.05, 4.69) is 5.32 Å². The van der Waals surface area contributed by atoms with E-state index in [1.54, 1.807) is 13.0 Å². The first-order valence-corrected chi connectivity index (χ1v) is 10.5. The highest BCUT2D eigenvalue weighted by Crippen LogP contribution is 2.44. The molecule has 4 nitrogen and oxygen atoms in total. The summed E-state index contributed by atoms with van der Waals surface area (Å²) < 4.78 is 79.8. The summed E-state index contributed by atoms with van der Waals surface area (Å²) in [6.07, 6.45) is -4.82. The van der Waals surface area contributed by atoms with Crippen molar-refractivity contribution in [1.82, 2.24) is 5.32 Å². The number of halogens is 5. The van der Waals surface area contributed by atoms with E-state index in [0.29, 0.717) is 10.9 Å². The molecule has 2 aliphatic rings. The Kier molecular flexibility index (Phi) is 5.49. The minimum Gasteiger partial charge on any atom is -0.490 e. The van der Waals surface area contributed by atoms with E-state index in [1.807, 2.05) is 0 Å². The van der Waals surface area contributed by atoms with Gasteiger partial charge in [0.15, 0.2) is 0 Å². The fourth-order valence-electron chi connectivity index (χ4n) is 4.57. The van der Waals surface area contributed by atoms with Gasteiger partial charge in [0.25, 0.3) is 0 Å². The first-order valence-electron chi connectivity index (χ1n) is 10.5. The first-order chi connectivity index (χ1) is 14.9. The molecule has 174 valence electrons. The van der Waals surface area contributed by atoms with Gasteiger partial charge in [-0.3, -0.25) is 0 Å². The van der Waals surface area contributed by atoms with Crippen LogP contribution in [0.15, 0.2) is 30.3 Å². The second-order valence-corrected chi connectivity index (χ2v) is 8.95. The quantitative estimate of drug-likeness (QED) is 0.540. The van der Waals surface area contributed by atoms with Crippen LogP contribution in [0.4, 0.5) is 26.7 Å². The topological polar surface area (TPSA) is 47.6 Å². The van der Waals surface area contributed by atoms with Crippen LogP contribution in [0.5, 0.6) is 5.75 Å². The van der Waals surface area contributed by atoms with Crippen molar-refractivity contribution in [1.29, 1.82) is 0 Å². The number of carbonyl (C=O) groups is 1. The van der Waals surface area contributed by atoms with Gasteiger partial charge in [-0.25, -0.2) is 13.6 Å². The molecule has 0 radical (unpaired) electrons. The van der Waals surface area contributed by atoms with E-state index in [-0.39, 0.29) is 43.4 Å².